The van der Waals surface area contributed by atoms with E-state index in [0.29, 0.717) is 0 Å². The lowest BCUT2D eigenvalue weighted by atomic mass is 10.2. The first-order valence-electron chi connectivity index (χ1n) is 4.05. The highest BCUT2D eigenvalue weighted by atomic mass is 32.2. The minimum absolute atomic E-state index is 1.09. The number of benzene rings is 1. The highest BCUT2D eigenvalue weighted by molar-refractivity contribution is 7.98. The summed E-state index contributed by atoms with van der Waals surface area (Å²) in [6, 6.07) is 10.6. The van der Waals surface area contributed by atoms with Crippen LogP contribution in [0.3, 0.4) is 0 Å². The van der Waals surface area contributed by atoms with Gasteiger partial charge in [-0.15, -0.1) is 11.8 Å². The summed E-state index contributed by atoms with van der Waals surface area (Å²) in [6.07, 6.45) is 0. The van der Waals surface area contributed by atoms with Crippen molar-refractivity contribution in [2.75, 3.05) is 20.0 Å². The Bertz CT molecular complexity index is 208. The largest absolute Gasteiger partial charge is 0.300 e. The van der Waals surface area contributed by atoms with E-state index in [-0.39, 0.29) is 0 Å². The van der Waals surface area contributed by atoms with Crippen LogP contribution in [-0.2, 0) is 5.75 Å². The molecule has 0 atom stereocenters. The van der Waals surface area contributed by atoms with E-state index < -0.39 is 0 Å². The Morgan fingerprint density at radius 3 is 2.42 bits per heavy atom. The fourth-order valence-corrected chi connectivity index (χ4v) is 1.80. The molecule has 0 aromatic heterocycles. The molecule has 0 heterocycles. The summed E-state index contributed by atoms with van der Waals surface area (Å²) < 4.78 is 0. The van der Waals surface area contributed by atoms with Crippen LogP contribution < -0.4 is 0 Å². The average molecular weight is 181 g/mol. The molecule has 0 spiro atoms. The molecule has 0 N–H and O–H groups in total. The van der Waals surface area contributed by atoms with Crippen LogP contribution in [-0.4, -0.2) is 24.9 Å². The lowest BCUT2D eigenvalue weighted by molar-refractivity contribution is 0.485. The summed E-state index contributed by atoms with van der Waals surface area (Å²) >= 11 is 1.94. The average Bonchev–Trinajstić information content (AvgIpc) is 2.05. The zero-order valence-corrected chi connectivity index (χ0v) is 8.47. The number of hydrogen-bond donors (Lipinski definition) is 0. The maximum absolute atomic E-state index is 2.19. The Balaban J connectivity index is 2.25. The first-order valence-corrected chi connectivity index (χ1v) is 5.21. The number of thioether (sulfide) groups is 1. The maximum Gasteiger partial charge on any atom is 0.0441 e. The summed E-state index contributed by atoms with van der Waals surface area (Å²) in [4.78, 5) is 2.19. The summed E-state index contributed by atoms with van der Waals surface area (Å²) in [5.41, 5.74) is 1.41. The minimum atomic E-state index is 1.09. The lowest BCUT2D eigenvalue weighted by Gasteiger charge is -2.08. The van der Waals surface area contributed by atoms with Gasteiger partial charge in [-0.05, 0) is 19.7 Å². The van der Waals surface area contributed by atoms with Gasteiger partial charge >= 0.3 is 0 Å². The van der Waals surface area contributed by atoms with E-state index in [2.05, 4.69) is 49.3 Å². The van der Waals surface area contributed by atoms with Gasteiger partial charge < -0.3 is 4.90 Å². The lowest BCUT2D eigenvalue weighted by Crippen LogP contribution is -2.09. The standard InChI is InChI=1S/C10H15NS/c1-11(2)9-12-8-10-6-4-3-5-7-10/h3-7H,8-9H2,1-2H3. The van der Waals surface area contributed by atoms with Crippen LogP contribution in [0, 0.1) is 0 Å². The van der Waals surface area contributed by atoms with E-state index in [1.807, 2.05) is 11.8 Å². The van der Waals surface area contributed by atoms with E-state index in [9.17, 15) is 0 Å². The molecule has 0 fully saturated rings. The normalized spacial score (nSPS) is 10.6. The van der Waals surface area contributed by atoms with Gasteiger partial charge in [0.1, 0.15) is 0 Å². The van der Waals surface area contributed by atoms with Crippen molar-refractivity contribution in [2.45, 2.75) is 5.75 Å². The molecule has 0 bridgehead atoms. The van der Waals surface area contributed by atoms with Crippen molar-refractivity contribution in [3.63, 3.8) is 0 Å². The second-order valence-corrected chi connectivity index (χ2v) is 4.00. The number of nitrogens with zero attached hydrogens (tertiary/aromatic N) is 1. The fraction of sp³-hybridized carbons (Fsp3) is 0.400. The zero-order valence-electron chi connectivity index (χ0n) is 7.66. The van der Waals surface area contributed by atoms with Gasteiger partial charge in [-0.3, -0.25) is 0 Å². The van der Waals surface area contributed by atoms with Crippen LogP contribution in [0.25, 0.3) is 0 Å². The quantitative estimate of drug-likeness (QED) is 0.656. The topological polar surface area (TPSA) is 3.24 Å². The van der Waals surface area contributed by atoms with Crippen LogP contribution in [0.4, 0.5) is 0 Å². The molecule has 1 rings (SSSR count). The predicted molar refractivity (Wildman–Crippen MR) is 56.3 cm³/mol. The van der Waals surface area contributed by atoms with Crippen molar-refractivity contribution in [1.82, 2.24) is 4.90 Å². The Morgan fingerprint density at radius 1 is 1.17 bits per heavy atom. The van der Waals surface area contributed by atoms with Gasteiger partial charge in [0.15, 0.2) is 0 Å². The summed E-state index contributed by atoms with van der Waals surface area (Å²) in [5, 5.41) is 0. The molecular weight excluding hydrogens is 166 g/mol. The van der Waals surface area contributed by atoms with Crippen molar-refractivity contribution in [1.29, 1.82) is 0 Å². The fourth-order valence-electron chi connectivity index (χ4n) is 0.920. The second kappa shape index (κ2) is 5.22. The molecule has 0 radical (unpaired) electrons. The molecule has 1 aromatic carbocycles. The van der Waals surface area contributed by atoms with Gasteiger partial charge in [0.25, 0.3) is 0 Å². The zero-order chi connectivity index (χ0) is 8.81. The van der Waals surface area contributed by atoms with Crippen LogP contribution in [0.2, 0.25) is 0 Å². The van der Waals surface area contributed by atoms with Gasteiger partial charge in [0.05, 0.1) is 0 Å². The molecule has 0 aliphatic heterocycles. The Kier molecular flexibility index (Phi) is 4.19. The van der Waals surface area contributed by atoms with Gasteiger partial charge in [-0.25, -0.2) is 0 Å². The summed E-state index contributed by atoms with van der Waals surface area (Å²) in [6.45, 7) is 0. The first-order chi connectivity index (χ1) is 5.79. The second-order valence-electron chi connectivity index (χ2n) is 3.04. The van der Waals surface area contributed by atoms with Crippen LogP contribution in [0.1, 0.15) is 5.56 Å². The minimum Gasteiger partial charge on any atom is -0.300 e. The smallest absolute Gasteiger partial charge is 0.0441 e. The van der Waals surface area contributed by atoms with Crippen LogP contribution in [0.5, 0.6) is 0 Å². The molecule has 0 unspecified atom stereocenters. The SMILES string of the molecule is CN(C)CSCc1ccccc1. The highest BCUT2D eigenvalue weighted by Gasteiger charge is 1.92. The Hall–Kier alpha value is -0.470. The van der Waals surface area contributed by atoms with E-state index in [0.717, 1.165) is 11.6 Å². The number of hydrogen-bond acceptors (Lipinski definition) is 2. The molecule has 0 aliphatic rings. The third-order valence-corrected chi connectivity index (χ3v) is 2.70. The monoisotopic (exact) mass is 181 g/mol. The van der Waals surface area contributed by atoms with E-state index in [1.165, 1.54) is 5.56 Å². The van der Waals surface area contributed by atoms with Gasteiger partial charge in [0.2, 0.25) is 0 Å². The van der Waals surface area contributed by atoms with Crippen molar-refractivity contribution in [3.8, 4) is 0 Å². The van der Waals surface area contributed by atoms with Gasteiger partial charge in [0, 0.05) is 11.6 Å². The van der Waals surface area contributed by atoms with E-state index in [1.54, 1.807) is 0 Å². The number of rotatable bonds is 4. The Morgan fingerprint density at radius 2 is 1.83 bits per heavy atom. The van der Waals surface area contributed by atoms with Gasteiger partial charge in [-0.1, -0.05) is 30.3 Å². The van der Waals surface area contributed by atoms with Crippen molar-refractivity contribution < 1.29 is 0 Å². The molecule has 66 valence electrons. The molecule has 12 heavy (non-hydrogen) atoms. The molecule has 0 aliphatic carbocycles. The maximum atomic E-state index is 2.19. The molecular formula is C10H15NS. The molecule has 0 saturated heterocycles. The molecule has 1 nitrogen and oxygen atoms in total. The third kappa shape index (κ3) is 3.79. The Labute approximate surface area is 78.8 Å². The van der Waals surface area contributed by atoms with E-state index in [4.69, 9.17) is 0 Å². The summed E-state index contributed by atoms with van der Waals surface area (Å²) in [5.74, 6) is 2.20. The molecule has 0 amide bonds. The van der Waals surface area contributed by atoms with Crippen molar-refractivity contribution >= 4 is 11.8 Å². The van der Waals surface area contributed by atoms with Crippen LogP contribution >= 0.6 is 11.8 Å². The molecule has 1 aromatic rings. The van der Waals surface area contributed by atoms with Crippen molar-refractivity contribution in [2.24, 2.45) is 0 Å². The molecule has 0 saturated carbocycles. The summed E-state index contributed by atoms with van der Waals surface area (Å²) in [7, 11) is 4.19. The van der Waals surface area contributed by atoms with Crippen LogP contribution in [0.15, 0.2) is 30.3 Å². The van der Waals surface area contributed by atoms with Crippen molar-refractivity contribution in [3.05, 3.63) is 35.9 Å². The third-order valence-electron chi connectivity index (χ3n) is 1.46. The van der Waals surface area contributed by atoms with Gasteiger partial charge in [-0.2, -0.15) is 0 Å². The van der Waals surface area contributed by atoms with E-state index >= 15 is 0 Å². The highest BCUT2D eigenvalue weighted by Crippen LogP contribution is 2.11. The first kappa shape index (κ1) is 9.62. The molecule has 2 heteroatoms. The predicted octanol–water partition coefficient (Wildman–Crippen LogP) is 2.44.